The average molecular weight is 571 g/mol. The Hall–Kier alpha value is -3.48. The number of nitrogens with zero attached hydrogens (tertiary/aromatic N) is 4. The van der Waals surface area contributed by atoms with Crippen molar-refractivity contribution in [3.8, 4) is 0 Å². The molecule has 0 radical (unpaired) electrons. The van der Waals surface area contributed by atoms with Crippen LogP contribution in [0.5, 0.6) is 0 Å². The topological polar surface area (TPSA) is 58.4 Å². The maximum atomic E-state index is 14.2. The highest BCUT2D eigenvalue weighted by molar-refractivity contribution is 6.31. The Labute approximate surface area is 247 Å². The van der Waals surface area contributed by atoms with Crippen LogP contribution in [-0.2, 0) is 6.54 Å². The SMILES string of the molecule is CCC(c1nc2cc(Cl)ccc2c(=O)n1Cc1ccccc1)N(CCCN1CCCCC1)C(=O)c1ccc(C)cc1. The molecule has 6 nitrogen and oxygen atoms in total. The highest BCUT2D eigenvalue weighted by atomic mass is 35.5. The molecule has 1 atom stereocenters. The molecule has 1 aliphatic heterocycles. The summed E-state index contributed by atoms with van der Waals surface area (Å²) in [6.07, 6.45) is 5.24. The van der Waals surface area contributed by atoms with Crippen molar-refractivity contribution >= 4 is 28.4 Å². The molecule has 5 rings (SSSR count). The lowest BCUT2D eigenvalue weighted by Crippen LogP contribution is -2.41. The predicted octanol–water partition coefficient (Wildman–Crippen LogP) is 6.88. The molecule has 7 heteroatoms. The van der Waals surface area contributed by atoms with Crippen molar-refractivity contribution < 1.29 is 4.79 Å². The summed E-state index contributed by atoms with van der Waals surface area (Å²) >= 11 is 6.34. The molecule has 41 heavy (non-hydrogen) atoms. The molecule has 1 aliphatic rings. The number of aryl methyl sites for hydroxylation is 1. The first-order valence-corrected chi connectivity index (χ1v) is 15.2. The summed E-state index contributed by atoms with van der Waals surface area (Å²) < 4.78 is 1.75. The highest BCUT2D eigenvalue weighted by Gasteiger charge is 2.29. The minimum Gasteiger partial charge on any atom is -0.328 e. The normalized spacial score (nSPS) is 14.7. The van der Waals surface area contributed by atoms with E-state index in [4.69, 9.17) is 16.6 Å². The molecular weight excluding hydrogens is 532 g/mol. The van der Waals surface area contributed by atoms with Gasteiger partial charge in [0.2, 0.25) is 0 Å². The van der Waals surface area contributed by atoms with Crippen LogP contribution in [0.25, 0.3) is 10.9 Å². The van der Waals surface area contributed by atoms with E-state index >= 15 is 0 Å². The fourth-order valence-electron chi connectivity index (χ4n) is 5.84. The minimum atomic E-state index is -0.384. The summed E-state index contributed by atoms with van der Waals surface area (Å²) in [6.45, 7) is 8.22. The van der Waals surface area contributed by atoms with Gasteiger partial charge in [0.15, 0.2) is 0 Å². The number of halogens is 1. The summed E-state index contributed by atoms with van der Waals surface area (Å²) in [7, 11) is 0. The number of hydrogen-bond acceptors (Lipinski definition) is 4. The second-order valence-corrected chi connectivity index (χ2v) is 11.5. The van der Waals surface area contributed by atoms with E-state index in [0.717, 1.165) is 37.2 Å². The number of fused-ring (bicyclic) bond motifs is 1. The molecular formula is C34H39ClN4O2. The van der Waals surface area contributed by atoms with Crippen molar-refractivity contribution in [3.05, 3.63) is 111 Å². The van der Waals surface area contributed by atoms with Crippen LogP contribution in [-0.4, -0.2) is 51.4 Å². The van der Waals surface area contributed by atoms with Gasteiger partial charge in [-0.1, -0.05) is 73.0 Å². The molecule has 1 aromatic heterocycles. The number of likely N-dealkylation sites (tertiary alicyclic amines) is 1. The number of hydrogen-bond donors (Lipinski definition) is 0. The average Bonchev–Trinajstić information content (AvgIpc) is 2.99. The summed E-state index contributed by atoms with van der Waals surface area (Å²) in [4.78, 5) is 37.6. The maximum Gasteiger partial charge on any atom is 0.261 e. The quantitative estimate of drug-likeness (QED) is 0.209. The summed E-state index contributed by atoms with van der Waals surface area (Å²) in [5.74, 6) is 0.553. The smallest absolute Gasteiger partial charge is 0.261 e. The third-order valence-corrected chi connectivity index (χ3v) is 8.31. The number of piperidine rings is 1. The van der Waals surface area contributed by atoms with Crippen LogP contribution in [0.15, 0.2) is 77.6 Å². The molecule has 0 N–H and O–H groups in total. The fourth-order valence-corrected chi connectivity index (χ4v) is 6.00. The summed E-state index contributed by atoms with van der Waals surface area (Å²) in [5, 5.41) is 1.05. The lowest BCUT2D eigenvalue weighted by atomic mass is 10.1. The van der Waals surface area contributed by atoms with Crippen molar-refractivity contribution in [1.82, 2.24) is 19.4 Å². The van der Waals surface area contributed by atoms with Crippen LogP contribution in [0.4, 0.5) is 0 Å². The minimum absolute atomic E-state index is 0.0396. The zero-order valence-corrected chi connectivity index (χ0v) is 24.8. The second kappa shape index (κ2) is 13.5. The molecule has 214 valence electrons. The van der Waals surface area contributed by atoms with E-state index in [1.54, 1.807) is 22.8 Å². The van der Waals surface area contributed by atoms with E-state index in [1.807, 2.05) is 66.4 Å². The number of rotatable bonds is 10. The maximum absolute atomic E-state index is 14.2. The number of benzene rings is 3. The largest absolute Gasteiger partial charge is 0.328 e. The first-order chi connectivity index (χ1) is 19.9. The molecule has 1 unspecified atom stereocenters. The molecule has 4 aromatic rings. The van der Waals surface area contributed by atoms with Gasteiger partial charge in [0.1, 0.15) is 5.82 Å². The standard InChI is InChI=1S/C34H39ClN4O2/c1-3-31(38(22-10-21-37-19-8-5-9-20-37)33(40)27-15-13-25(2)14-16-27)32-36-30-23-28(35)17-18-29(30)34(41)39(32)24-26-11-6-4-7-12-26/h4,6-7,11-18,23,31H,3,5,8-10,19-22,24H2,1-2H3. The van der Waals surface area contributed by atoms with Crippen LogP contribution >= 0.6 is 11.6 Å². The van der Waals surface area contributed by atoms with Gasteiger partial charge in [-0.3, -0.25) is 14.2 Å². The van der Waals surface area contributed by atoms with E-state index in [2.05, 4.69) is 11.8 Å². The lowest BCUT2D eigenvalue weighted by Gasteiger charge is -2.34. The van der Waals surface area contributed by atoms with Crippen LogP contribution < -0.4 is 5.56 Å². The number of aromatic nitrogens is 2. The van der Waals surface area contributed by atoms with Crippen LogP contribution in [0.3, 0.4) is 0 Å². The van der Waals surface area contributed by atoms with E-state index in [9.17, 15) is 9.59 Å². The Bertz CT molecular complexity index is 1530. The first-order valence-electron chi connectivity index (χ1n) is 14.8. The molecule has 2 heterocycles. The van der Waals surface area contributed by atoms with Crippen molar-refractivity contribution in [3.63, 3.8) is 0 Å². The van der Waals surface area contributed by atoms with Crippen molar-refractivity contribution in [2.45, 2.75) is 58.5 Å². The number of carbonyl (C=O) groups excluding carboxylic acids is 1. The molecule has 1 amide bonds. The van der Waals surface area contributed by atoms with Gasteiger partial charge in [0.25, 0.3) is 11.5 Å². The third-order valence-electron chi connectivity index (χ3n) is 8.07. The Balaban J connectivity index is 1.57. The molecule has 0 spiro atoms. The highest BCUT2D eigenvalue weighted by Crippen LogP contribution is 2.28. The molecule has 0 saturated carbocycles. The van der Waals surface area contributed by atoms with E-state index in [1.165, 1.54) is 19.3 Å². The predicted molar refractivity (Wildman–Crippen MR) is 167 cm³/mol. The van der Waals surface area contributed by atoms with Gasteiger partial charge in [0.05, 0.1) is 23.5 Å². The Morgan fingerprint density at radius 1 is 1.00 bits per heavy atom. The van der Waals surface area contributed by atoms with Crippen LogP contribution in [0.1, 0.15) is 72.4 Å². The van der Waals surface area contributed by atoms with Crippen LogP contribution in [0.2, 0.25) is 5.02 Å². The van der Waals surface area contributed by atoms with Gasteiger partial charge in [-0.2, -0.15) is 0 Å². The van der Waals surface area contributed by atoms with Gasteiger partial charge in [-0.05, 0) is 88.1 Å². The first kappa shape index (κ1) is 29.0. The Morgan fingerprint density at radius 3 is 2.44 bits per heavy atom. The molecule has 0 bridgehead atoms. The zero-order chi connectivity index (χ0) is 28.8. The monoisotopic (exact) mass is 570 g/mol. The van der Waals surface area contributed by atoms with E-state index in [0.29, 0.717) is 46.8 Å². The van der Waals surface area contributed by atoms with Crippen molar-refractivity contribution in [1.29, 1.82) is 0 Å². The van der Waals surface area contributed by atoms with Gasteiger partial charge in [-0.25, -0.2) is 4.98 Å². The lowest BCUT2D eigenvalue weighted by molar-refractivity contribution is 0.0644. The summed E-state index contributed by atoms with van der Waals surface area (Å²) in [5.41, 5.74) is 3.18. The van der Waals surface area contributed by atoms with E-state index < -0.39 is 0 Å². The number of carbonyl (C=O) groups is 1. The van der Waals surface area contributed by atoms with Gasteiger partial charge in [-0.15, -0.1) is 0 Å². The molecule has 1 saturated heterocycles. The zero-order valence-electron chi connectivity index (χ0n) is 24.1. The fraction of sp³-hybridized carbons (Fsp3) is 0.382. The van der Waals surface area contributed by atoms with Crippen molar-refractivity contribution in [2.75, 3.05) is 26.2 Å². The molecule has 3 aromatic carbocycles. The third kappa shape index (κ3) is 6.88. The molecule has 0 aliphatic carbocycles. The Kier molecular flexibility index (Phi) is 9.53. The second-order valence-electron chi connectivity index (χ2n) is 11.1. The van der Waals surface area contributed by atoms with Gasteiger partial charge in [0, 0.05) is 17.1 Å². The summed E-state index contributed by atoms with van der Waals surface area (Å²) in [6, 6.07) is 22.5. The molecule has 1 fully saturated rings. The van der Waals surface area contributed by atoms with Gasteiger partial charge < -0.3 is 9.80 Å². The Morgan fingerprint density at radius 2 is 1.73 bits per heavy atom. The van der Waals surface area contributed by atoms with Crippen molar-refractivity contribution in [2.24, 2.45) is 0 Å². The van der Waals surface area contributed by atoms with Gasteiger partial charge >= 0.3 is 0 Å². The van der Waals surface area contributed by atoms with E-state index in [-0.39, 0.29) is 17.5 Å². The van der Waals surface area contributed by atoms with Crippen LogP contribution in [0, 0.1) is 6.92 Å². The number of amides is 1.